The molecule has 0 spiro atoms. The van der Waals surface area contributed by atoms with E-state index in [1.165, 1.54) is 0 Å². The molecule has 0 bridgehead atoms. The zero-order valence-electron chi connectivity index (χ0n) is 13.1. The van der Waals surface area contributed by atoms with Crippen molar-refractivity contribution in [3.8, 4) is 0 Å². The van der Waals surface area contributed by atoms with Gasteiger partial charge in [-0.1, -0.05) is 11.8 Å². The van der Waals surface area contributed by atoms with Crippen molar-refractivity contribution in [1.29, 1.82) is 0 Å². The molecular formula is C14H21N5OS2. The van der Waals surface area contributed by atoms with Crippen LogP contribution in [0.25, 0.3) is 10.3 Å². The topological polar surface area (TPSA) is 63.2 Å². The van der Waals surface area contributed by atoms with Gasteiger partial charge in [0.1, 0.15) is 16.8 Å². The number of anilines is 1. The summed E-state index contributed by atoms with van der Waals surface area (Å²) in [4.78, 5) is 15.5. The summed E-state index contributed by atoms with van der Waals surface area (Å²) in [6.07, 6.45) is 5.67. The Kier molecular flexibility index (Phi) is 4.82. The van der Waals surface area contributed by atoms with Crippen LogP contribution in [-0.4, -0.2) is 65.5 Å². The molecule has 2 aromatic rings. The van der Waals surface area contributed by atoms with E-state index in [1.807, 2.05) is 6.26 Å². The van der Waals surface area contributed by atoms with Gasteiger partial charge in [0.25, 0.3) is 0 Å². The average molecular weight is 339 g/mol. The normalized spacial score (nSPS) is 18.0. The molecule has 0 radical (unpaired) electrons. The van der Waals surface area contributed by atoms with Gasteiger partial charge < -0.3 is 15.0 Å². The van der Waals surface area contributed by atoms with E-state index in [4.69, 9.17) is 4.74 Å². The summed E-state index contributed by atoms with van der Waals surface area (Å²) in [6, 6.07) is 0. The van der Waals surface area contributed by atoms with Crippen LogP contribution in [0.5, 0.6) is 0 Å². The van der Waals surface area contributed by atoms with Crippen molar-refractivity contribution in [2.45, 2.75) is 22.7 Å². The molecule has 3 rings (SSSR count). The largest absolute Gasteiger partial charge is 0.381 e. The number of thiazole rings is 1. The lowest BCUT2D eigenvalue weighted by atomic mass is 9.88. The van der Waals surface area contributed by atoms with E-state index in [1.54, 1.807) is 29.4 Å². The van der Waals surface area contributed by atoms with E-state index in [-0.39, 0.29) is 5.54 Å². The first-order valence-corrected chi connectivity index (χ1v) is 9.33. The van der Waals surface area contributed by atoms with Crippen LogP contribution in [0.3, 0.4) is 0 Å². The Labute approximate surface area is 138 Å². The van der Waals surface area contributed by atoms with Gasteiger partial charge in [-0.3, -0.25) is 0 Å². The highest BCUT2D eigenvalue weighted by Gasteiger charge is 2.34. The fourth-order valence-electron chi connectivity index (χ4n) is 2.73. The molecule has 6 nitrogen and oxygen atoms in total. The molecule has 2 aromatic heterocycles. The molecule has 1 aliphatic rings. The molecule has 1 fully saturated rings. The van der Waals surface area contributed by atoms with Gasteiger partial charge >= 0.3 is 0 Å². The summed E-state index contributed by atoms with van der Waals surface area (Å²) < 4.78 is 7.58. The van der Waals surface area contributed by atoms with Gasteiger partial charge in [0, 0.05) is 25.3 Å². The molecule has 120 valence electrons. The van der Waals surface area contributed by atoms with Crippen molar-refractivity contribution in [3.05, 3.63) is 6.33 Å². The molecule has 22 heavy (non-hydrogen) atoms. The van der Waals surface area contributed by atoms with Gasteiger partial charge in [-0.05, 0) is 33.2 Å². The van der Waals surface area contributed by atoms with Gasteiger partial charge in [-0.25, -0.2) is 15.0 Å². The Balaban J connectivity index is 1.82. The van der Waals surface area contributed by atoms with Gasteiger partial charge in [0.05, 0.1) is 0 Å². The predicted octanol–water partition coefficient (Wildman–Crippen LogP) is 2.33. The van der Waals surface area contributed by atoms with Crippen LogP contribution in [0.4, 0.5) is 5.82 Å². The number of hydrogen-bond donors (Lipinski definition) is 1. The summed E-state index contributed by atoms with van der Waals surface area (Å²) in [7, 11) is 4.28. The first-order chi connectivity index (χ1) is 10.6. The number of rotatable bonds is 5. The van der Waals surface area contributed by atoms with E-state index in [0.717, 1.165) is 53.1 Å². The number of fused-ring (bicyclic) bond motifs is 1. The Hall–Kier alpha value is -0.960. The Morgan fingerprint density at radius 1 is 1.36 bits per heavy atom. The van der Waals surface area contributed by atoms with E-state index in [9.17, 15) is 0 Å². The van der Waals surface area contributed by atoms with Crippen molar-refractivity contribution in [3.63, 3.8) is 0 Å². The van der Waals surface area contributed by atoms with Crippen molar-refractivity contribution in [2.24, 2.45) is 0 Å². The molecule has 0 saturated carbocycles. The minimum Gasteiger partial charge on any atom is -0.381 e. The molecule has 0 aliphatic carbocycles. The Morgan fingerprint density at radius 2 is 2.14 bits per heavy atom. The summed E-state index contributed by atoms with van der Waals surface area (Å²) in [5, 5.41) is 3.53. The monoisotopic (exact) mass is 339 g/mol. The maximum absolute atomic E-state index is 5.52. The zero-order valence-corrected chi connectivity index (χ0v) is 14.8. The van der Waals surface area contributed by atoms with Crippen molar-refractivity contribution in [2.75, 3.05) is 45.4 Å². The standard InChI is InChI=1S/C14H21N5OS2/c1-19(2)14(4-6-20-7-5-14)8-15-11-10-12(17-9-16-11)18-13(21-3)22-10/h9H,4-8H2,1-3H3,(H,15,16,17). The lowest BCUT2D eigenvalue weighted by Crippen LogP contribution is -2.53. The highest BCUT2D eigenvalue weighted by atomic mass is 32.2. The minimum absolute atomic E-state index is 0.114. The van der Waals surface area contributed by atoms with Crippen LogP contribution >= 0.6 is 23.1 Å². The summed E-state index contributed by atoms with van der Waals surface area (Å²) in [5.74, 6) is 0.885. The van der Waals surface area contributed by atoms with Gasteiger partial charge in [0.15, 0.2) is 9.99 Å². The Bertz CT molecular complexity index is 639. The second kappa shape index (κ2) is 6.66. The lowest BCUT2D eigenvalue weighted by molar-refractivity contribution is -0.000650. The van der Waals surface area contributed by atoms with Crippen LogP contribution < -0.4 is 5.32 Å². The quantitative estimate of drug-likeness (QED) is 0.839. The third kappa shape index (κ3) is 3.05. The molecule has 3 heterocycles. The van der Waals surface area contributed by atoms with E-state index in [2.05, 4.69) is 39.3 Å². The molecule has 1 saturated heterocycles. The molecule has 0 atom stereocenters. The van der Waals surface area contributed by atoms with Crippen molar-refractivity contribution >= 4 is 39.3 Å². The van der Waals surface area contributed by atoms with Gasteiger partial charge in [-0.15, -0.1) is 11.3 Å². The van der Waals surface area contributed by atoms with E-state index < -0.39 is 0 Å². The van der Waals surface area contributed by atoms with Crippen LogP contribution in [-0.2, 0) is 4.74 Å². The second-order valence-electron chi connectivity index (χ2n) is 5.64. The highest BCUT2D eigenvalue weighted by molar-refractivity contribution is 8.00. The van der Waals surface area contributed by atoms with Crippen LogP contribution in [0, 0.1) is 0 Å². The number of hydrogen-bond acceptors (Lipinski definition) is 8. The number of aromatic nitrogens is 3. The highest BCUT2D eigenvalue weighted by Crippen LogP contribution is 2.32. The Morgan fingerprint density at radius 3 is 2.82 bits per heavy atom. The van der Waals surface area contributed by atoms with E-state index >= 15 is 0 Å². The van der Waals surface area contributed by atoms with Crippen LogP contribution in [0.1, 0.15) is 12.8 Å². The number of nitrogens with one attached hydrogen (secondary N) is 1. The summed E-state index contributed by atoms with van der Waals surface area (Å²) in [5.41, 5.74) is 0.889. The van der Waals surface area contributed by atoms with Crippen LogP contribution in [0.2, 0.25) is 0 Å². The molecule has 1 aliphatic heterocycles. The average Bonchev–Trinajstić information content (AvgIpc) is 2.97. The molecule has 1 N–H and O–H groups in total. The van der Waals surface area contributed by atoms with E-state index in [0.29, 0.717) is 0 Å². The molecule has 8 heteroatoms. The maximum atomic E-state index is 5.52. The lowest BCUT2D eigenvalue weighted by Gasteiger charge is -2.43. The second-order valence-corrected chi connectivity index (χ2v) is 7.70. The fourth-order valence-corrected chi connectivity index (χ4v) is 4.21. The molecule has 0 aromatic carbocycles. The van der Waals surface area contributed by atoms with Crippen molar-refractivity contribution in [1.82, 2.24) is 19.9 Å². The fraction of sp³-hybridized carbons (Fsp3) is 0.643. The van der Waals surface area contributed by atoms with Crippen molar-refractivity contribution < 1.29 is 4.74 Å². The number of likely N-dealkylation sites (N-methyl/N-ethyl adjacent to an activating group) is 1. The SMILES string of the molecule is CSc1nc2ncnc(NCC3(N(C)C)CCOCC3)c2s1. The van der Waals surface area contributed by atoms with Gasteiger partial charge in [0.2, 0.25) is 0 Å². The van der Waals surface area contributed by atoms with Crippen LogP contribution in [0.15, 0.2) is 10.7 Å². The molecule has 0 unspecified atom stereocenters. The number of ether oxygens (including phenoxy) is 1. The molecule has 0 amide bonds. The third-order valence-corrected chi connectivity index (χ3v) is 6.34. The first kappa shape index (κ1) is 15.9. The minimum atomic E-state index is 0.114. The molecular weight excluding hydrogens is 318 g/mol. The number of thioether (sulfide) groups is 1. The number of nitrogens with zero attached hydrogens (tertiary/aromatic N) is 4. The maximum Gasteiger partial charge on any atom is 0.176 e. The summed E-state index contributed by atoms with van der Waals surface area (Å²) >= 11 is 3.28. The zero-order chi connectivity index (χ0) is 15.6. The first-order valence-electron chi connectivity index (χ1n) is 7.29. The summed E-state index contributed by atoms with van der Waals surface area (Å²) in [6.45, 7) is 2.48. The third-order valence-electron chi connectivity index (χ3n) is 4.30. The smallest absolute Gasteiger partial charge is 0.176 e. The van der Waals surface area contributed by atoms with Gasteiger partial charge in [-0.2, -0.15) is 0 Å². The predicted molar refractivity (Wildman–Crippen MR) is 92.0 cm³/mol.